The Morgan fingerprint density at radius 3 is 2.42 bits per heavy atom. The van der Waals surface area contributed by atoms with Gasteiger partial charge in [-0.05, 0) is 91.9 Å². The number of phenolic OH excluding ortho intramolecular Hbond substituents is 1. The minimum Gasteiger partial charge on any atom is -0.508 e. The van der Waals surface area contributed by atoms with Crippen LogP contribution in [-0.2, 0) is 0 Å². The van der Waals surface area contributed by atoms with E-state index in [2.05, 4.69) is 25.8 Å². The molecule has 3 heterocycles. The van der Waals surface area contributed by atoms with Crippen molar-refractivity contribution in [2.75, 3.05) is 11.5 Å². The van der Waals surface area contributed by atoms with Gasteiger partial charge < -0.3 is 24.6 Å². The highest BCUT2D eigenvalue weighted by atomic mass is 32.1. The molecule has 0 spiro atoms. The number of benzene rings is 2. The van der Waals surface area contributed by atoms with Crippen molar-refractivity contribution in [3.8, 4) is 17.2 Å². The zero-order chi connectivity index (χ0) is 22.8. The topological polar surface area (TPSA) is 62.5 Å². The quantitative estimate of drug-likeness (QED) is 0.391. The molecule has 1 aliphatic rings. The molecule has 4 aromatic rings. The summed E-state index contributed by atoms with van der Waals surface area (Å²) in [5.74, 6) is 1.06. The van der Waals surface area contributed by atoms with Gasteiger partial charge >= 0.3 is 0 Å². The zero-order valence-electron chi connectivity index (χ0n) is 18.1. The molecule has 33 heavy (non-hydrogen) atoms. The van der Waals surface area contributed by atoms with Gasteiger partial charge in [0.25, 0.3) is 0 Å². The van der Waals surface area contributed by atoms with Crippen LogP contribution in [0.15, 0.2) is 91.3 Å². The number of hydrogen-bond donors (Lipinski definition) is 2. The third-order valence-corrected chi connectivity index (χ3v) is 6.05. The van der Waals surface area contributed by atoms with Gasteiger partial charge in [0.1, 0.15) is 17.5 Å². The molecule has 1 saturated heterocycles. The molecule has 0 saturated carbocycles. The van der Waals surface area contributed by atoms with E-state index in [4.69, 9.17) is 17.0 Å². The molecule has 6 nitrogen and oxygen atoms in total. The van der Waals surface area contributed by atoms with Gasteiger partial charge in [-0.15, -0.1) is 0 Å². The Bertz CT molecular complexity index is 1240. The van der Waals surface area contributed by atoms with Gasteiger partial charge in [0, 0.05) is 29.5 Å². The van der Waals surface area contributed by atoms with Gasteiger partial charge in [-0.25, -0.2) is 0 Å². The van der Waals surface area contributed by atoms with Crippen molar-refractivity contribution < 1.29 is 9.84 Å². The third kappa shape index (κ3) is 4.03. The second-order valence-electron chi connectivity index (χ2n) is 7.74. The number of nitrogens with zero attached hydrogens (tertiary/aromatic N) is 3. The van der Waals surface area contributed by atoms with Crippen LogP contribution in [0.5, 0.6) is 11.5 Å². The highest BCUT2D eigenvalue weighted by Crippen LogP contribution is 2.42. The average molecular weight is 457 g/mol. The van der Waals surface area contributed by atoms with Crippen molar-refractivity contribution in [1.82, 2.24) is 14.9 Å². The summed E-state index contributed by atoms with van der Waals surface area (Å²) in [4.78, 5) is 6.76. The SMILES string of the molecule is CCOc1ccc(N2C(=S)N[C@H](c3ccccn3)[C@@H]2c2cccn2-c2ccc(O)cc2)cc1. The first-order valence-electron chi connectivity index (χ1n) is 10.9. The Hall–Kier alpha value is -3.84. The van der Waals surface area contributed by atoms with Crippen molar-refractivity contribution in [3.05, 3.63) is 103 Å². The van der Waals surface area contributed by atoms with Crippen LogP contribution in [0, 0.1) is 0 Å². The minimum absolute atomic E-state index is 0.143. The van der Waals surface area contributed by atoms with E-state index in [1.807, 2.05) is 73.8 Å². The van der Waals surface area contributed by atoms with E-state index >= 15 is 0 Å². The summed E-state index contributed by atoms with van der Waals surface area (Å²) < 4.78 is 7.75. The predicted octanol–water partition coefficient (Wildman–Crippen LogP) is 5.15. The lowest BCUT2D eigenvalue weighted by Crippen LogP contribution is -2.30. The second-order valence-corrected chi connectivity index (χ2v) is 8.13. The lowest BCUT2D eigenvalue weighted by Gasteiger charge is -2.29. The summed E-state index contributed by atoms with van der Waals surface area (Å²) in [5, 5.41) is 13.9. The number of rotatable bonds is 6. The predicted molar refractivity (Wildman–Crippen MR) is 133 cm³/mol. The van der Waals surface area contributed by atoms with Gasteiger partial charge in [-0.2, -0.15) is 0 Å². The van der Waals surface area contributed by atoms with E-state index in [9.17, 15) is 5.11 Å². The Morgan fingerprint density at radius 2 is 1.73 bits per heavy atom. The standard InChI is InChI=1S/C26H24N4O2S/c1-2-32-21-14-10-19(11-15-21)30-25(24(28-26(30)33)22-6-3-4-16-27-22)23-7-5-17-29(23)18-8-12-20(31)13-9-18/h3-17,24-25,31H,2H2,1H3,(H,28,33)/t24-,25+/m1/s1. The fraction of sp³-hybridized carbons (Fsp3) is 0.154. The molecule has 7 heteroatoms. The van der Waals surface area contributed by atoms with Crippen LogP contribution in [0.25, 0.3) is 5.69 Å². The first-order chi connectivity index (χ1) is 16.2. The van der Waals surface area contributed by atoms with Crippen LogP contribution in [0.3, 0.4) is 0 Å². The van der Waals surface area contributed by atoms with Crippen LogP contribution in [-0.4, -0.2) is 26.4 Å². The highest BCUT2D eigenvalue weighted by molar-refractivity contribution is 7.80. The molecular formula is C26H24N4O2S. The number of aromatic nitrogens is 2. The molecule has 0 bridgehead atoms. The molecule has 0 amide bonds. The molecule has 2 atom stereocenters. The molecule has 2 aromatic carbocycles. The Morgan fingerprint density at radius 1 is 0.970 bits per heavy atom. The zero-order valence-corrected chi connectivity index (χ0v) is 18.9. The Balaban J connectivity index is 1.62. The van der Waals surface area contributed by atoms with Crippen molar-refractivity contribution in [2.24, 2.45) is 0 Å². The smallest absolute Gasteiger partial charge is 0.174 e. The van der Waals surface area contributed by atoms with E-state index in [0.717, 1.165) is 28.5 Å². The summed E-state index contributed by atoms with van der Waals surface area (Å²) in [6.07, 6.45) is 3.82. The Kier molecular flexibility index (Phi) is 5.71. The molecule has 166 valence electrons. The van der Waals surface area contributed by atoms with Gasteiger partial charge in [-0.1, -0.05) is 6.07 Å². The maximum Gasteiger partial charge on any atom is 0.174 e. The van der Waals surface area contributed by atoms with Gasteiger partial charge in [-0.3, -0.25) is 4.98 Å². The molecular weight excluding hydrogens is 432 g/mol. The number of thiocarbonyl (C=S) groups is 1. The molecule has 0 aliphatic carbocycles. The van der Waals surface area contributed by atoms with Crippen molar-refractivity contribution >= 4 is 23.0 Å². The summed E-state index contributed by atoms with van der Waals surface area (Å²) in [5.41, 5.74) is 3.89. The van der Waals surface area contributed by atoms with Crippen LogP contribution < -0.4 is 15.0 Å². The number of pyridine rings is 1. The van der Waals surface area contributed by atoms with Gasteiger partial charge in [0.15, 0.2) is 5.11 Å². The first kappa shape index (κ1) is 21.0. The van der Waals surface area contributed by atoms with Crippen molar-refractivity contribution in [3.63, 3.8) is 0 Å². The molecule has 1 aliphatic heterocycles. The third-order valence-electron chi connectivity index (χ3n) is 5.74. The average Bonchev–Trinajstić information content (AvgIpc) is 3.45. The summed E-state index contributed by atoms with van der Waals surface area (Å²) >= 11 is 5.83. The molecule has 0 unspecified atom stereocenters. The van der Waals surface area contributed by atoms with E-state index in [1.54, 1.807) is 18.3 Å². The fourth-order valence-corrected chi connectivity index (χ4v) is 4.63. The van der Waals surface area contributed by atoms with Crippen LogP contribution in [0.4, 0.5) is 5.69 Å². The molecule has 2 N–H and O–H groups in total. The second kappa shape index (κ2) is 8.96. The highest BCUT2D eigenvalue weighted by Gasteiger charge is 2.42. The fourth-order valence-electron chi connectivity index (χ4n) is 4.29. The molecule has 5 rings (SSSR count). The van der Waals surface area contributed by atoms with Crippen LogP contribution in [0.2, 0.25) is 0 Å². The first-order valence-corrected chi connectivity index (χ1v) is 11.3. The Labute approximate surface area is 198 Å². The van der Waals surface area contributed by atoms with E-state index in [1.165, 1.54) is 0 Å². The van der Waals surface area contributed by atoms with Crippen molar-refractivity contribution in [2.45, 2.75) is 19.0 Å². The number of hydrogen-bond acceptors (Lipinski definition) is 4. The summed E-state index contributed by atoms with van der Waals surface area (Å²) in [6, 6.07) is 24.9. The lowest BCUT2D eigenvalue weighted by molar-refractivity contribution is 0.340. The number of ether oxygens (including phenoxy) is 1. The largest absolute Gasteiger partial charge is 0.508 e. The summed E-state index contributed by atoms with van der Waals surface area (Å²) in [7, 11) is 0. The number of aromatic hydroxyl groups is 1. The molecule has 2 aromatic heterocycles. The van der Waals surface area contributed by atoms with Gasteiger partial charge in [0.05, 0.1) is 18.3 Å². The molecule has 0 radical (unpaired) electrons. The maximum absolute atomic E-state index is 9.75. The molecule has 1 fully saturated rings. The van der Waals surface area contributed by atoms with E-state index in [0.29, 0.717) is 11.7 Å². The van der Waals surface area contributed by atoms with Crippen molar-refractivity contribution in [1.29, 1.82) is 0 Å². The number of anilines is 1. The normalized spacial score (nSPS) is 17.7. The van der Waals surface area contributed by atoms with Gasteiger partial charge in [0.2, 0.25) is 0 Å². The monoisotopic (exact) mass is 456 g/mol. The van der Waals surface area contributed by atoms with E-state index < -0.39 is 0 Å². The van der Waals surface area contributed by atoms with Crippen LogP contribution >= 0.6 is 12.2 Å². The number of phenols is 1. The maximum atomic E-state index is 9.75. The summed E-state index contributed by atoms with van der Waals surface area (Å²) in [6.45, 7) is 2.59. The van der Waals surface area contributed by atoms with Crippen LogP contribution in [0.1, 0.15) is 30.4 Å². The van der Waals surface area contributed by atoms with E-state index in [-0.39, 0.29) is 17.8 Å². The number of nitrogens with one attached hydrogen (secondary N) is 1. The minimum atomic E-state index is -0.144. The lowest BCUT2D eigenvalue weighted by atomic mass is 10.0.